The van der Waals surface area contributed by atoms with Crippen LogP contribution in [-0.4, -0.2) is 34.8 Å². The minimum Gasteiger partial charge on any atom is -0.484 e. The zero-order valence-corrected chi connectivity index (χ0v) is 16.4. The number of benzene rings is 2. The lowest BCUT2D eigenvalue weighted by atomic mass is 10.2. The van der Waals surface area contributed by atoms with Gasteiger partial charge in [-0.2, -0.15) is 0 Å². The van der Waals surface area contributed by atoms with Gasteiger partial charge in [0.2, 0.25) is 0 Å². The average molecular weight is 408 g/mol. The number of thiazole rings is 1. The van der Waals surface area contributed by atoms with E-state index in [1.807, 2.05) is 30.3 Å². The standard InChI is InChI=1S/C21H20N4O3S/c22-15-8-4-5-9-16(15)23-20(27)21-24-17-10-11-25(12-18(17)29-21)19(26)13-28-14-6-2-1-3-7-14/h1-9H,10-13,22H2,(H,23,27). The van der Waals surface area contributed by atoms with Crippen LogP contribution in [0, 0.1) is 0 Å². The molecule has 29 heavy (non-hydrogen) atoms. The van der Waals surface area contributed by atoms with Crippen molar-refractivity contribution in [1.29, 1.82) is 0 Å². The summed E-state index contributed by atoms with van der Waals surface area (Å²) in [5, 5.41) is 3.16. The van der Waals surface area contributed by atoms with E-state index in [4.69, 9.17) is 10.5 Å². The van der Waals surface area contributed by atoms with E-state index in [-0.39, 0.29) is 18.4 Å². The number of hydrogen-bond donors (Lipinski definition) is 2. The first-order valence-corrected chi connectivity index (χ1v) is 10.0. The number of para-hydroxylation sites is 3. The quantitative estimate of drug-likeness (QED) is 0.633. The van der Waals surface area contributed by atoms with Crippen LogP contribution < -0.4 is 15.8 Å². The number of hydrogen-bond acceptors (Lipinski definition) is 6. The Bertz CT molecular complexity index is 1040. The van der Waals surface area contributed by atoms with Gasteiger partial charge in [0.25, 0.3) is 11.8 Å². The van der Waals surface area contributed by atoms with E-state index >= 15 is 0 Å². The highest BCUT2D eigenvalue weighted by atomic mass is 32.1. The fraction of sp³-hybridized carbons (Fsp3) is 0.190. The minimum absolute atomic E-state index is 0.0151. The highest BCUT2D eigenvalue weighted by molar-refractivity contribution is 7.13. The van der Waals surface area contributed by atoms with Crippen molar-refractivity contribution in [2.75, 3.05) is 24.2 Å². The maximum atomic E-state index is 12.5. The fourth-order valence-electron chi connectivity index (χ4n) is 3.05. The second-order valence-electron chi connectivity index (χ2n) is 6.60. The van der Waals surface area contributed by atoms with Gasteiger partial charge in [0.15, 0.2) is 11.6 Å². The molecule has 2 amide bonds. The Balaban J connectivity index is 1.38. The zero-order valence-electron chi connectivity index (χ0n) is 15.6. The van der Waals surface area contributed by atoms with Crippen molar-refractivity contribution in [3.8, 4) is 5.75 Å². The number of nitrogen functional groups attached to an aromatic ring is 1. The molecule has 2 aromatic carbocycles. The predicted octanol–water partition coefficient (Wildman–Crippen LogP) is 2.94. The molecular formula is C21H20N4O3S. The van der Waals surface area contributed by atoms with Crippen molar-refractivity contribution < 1.29 is 14.3 Å². The van der Waals surface area contributed by atoms with Crippen molar-refractivity contribution in [1.82, 2.24) is 9.88 Å². The summed E-state index contributed by atoms with van der Waals surface area (Å²) in [6.45, 7) is 0.976. The second-order valence-corrected chi connectivity index (χ2v) is 7.68. The smallest absolute Gasteiger partial charge is 0.284 e. The summed E-state index contributed by atoms with van der Waals surface area (Å²) >= 11 is 1.31. The van der Waals surface area contributed by atoms with Crippen LogP contribution in [0.25, 0.3) is 0 Å². The van der Waals surface area contributed by atoms with Crippen molar-refractivity contribution in [3.63, 3.8) is 0 Å². The lowest BCUT2D eigenvalue weighted by Gasteiger charge is -2.26. The number of amides is 2. The van der Waals surface area contributed by atoms with Gasteiger partial charge in [-0.3, -0.25) is 9.59 Å². The molecule has 148 valence electrons. The Morgan fingerprint density at radius 2 is 1.90 bits per heavy atom. The van der Waals surface area contributed by atoms with Crippen LogP contribution in [0.15, 0.2) is 54.6 Å². The number of ether oxygens (including phenoxy) is 1. The molecule has 1 aliphatic heterocycles. The number of nitrogens with two attached hydrogens (primary N) is 1. The molecule has 1 aliphatic rings. The first-order valence-electron chi connectivity index (χ1n) is 9.20. The largest absolute Gasteiger partial charge is 0.484 e. The second kappa shape index (κ2) is 8.32. The molecule has 2 heterocycles. The molecule has 4 rings (SSSR count). The molecule has 8 heteroatoms. The van der Waals surface area contributed by atoms with Crippen LogP contribution in [0.1, 0.15) is 20.4 Å². The Kier molecular flexibility index (Phi) is 5.44. The molecule has 3 aromatic rings. The zero-order chi connectivity index (χ0) is 20.2. The molecule has 0 unspecified atom stereocenters. The van der Waals surface area contributed by atoms with E-state index < -0.39 is 0 Å². The van der Waals surface area contributed by atoms with E-state index in [1.165, 1.54) is 11.3 Å². The number of aromatic nitrogens is 1. The Morgan fingerprint density at radius 3 is 2.69 bits per heavy atom. The molecule has 0 fully saturated rings. The lowest BCUT2D eigenvalue weighted by Crippen LogP contribution is -2.38. The molecule has 7 nitrogen and oxygen atoms in total. The molecule has 0 spiro atoms. The molecule has 0 bridgehead atoms. The summed E-state index contributed by atoms with van der Waals surface area (Å²) in [4.78, 5) is 32.2. The molecule has 0 atom stereocenters. The number of rotatable bonds is 5. The van der Waals surface area contributed by atoms with Crippen LogP contribution >= 0.6 is 11.3 Å². The van der Waals surface area contributed by atoms with Crippen LogP contribution in [-0.2, 0) is 17.8 Å². The van der Waals surface area contributed by atoms with Crippen LogP contribution in [0.3, 0.4) is 0 Å². The van der Waals surface area contributed by atoms with E-state index in [9.17, 15) is 9.59 Å². The number of nitrogens with zero attached hydrogens (tertiary/aromatic N) is 2. The van der Waals surface area contributed by atoms with Gasteiger partial charge < -0.3 is 20.7 Å². The first kappa shape index (κ1) is 18.9. The predicted molar refractivity (Wildman–Crippen MR) is 112 cm³/mol. The number of carbonyl (C=O) groups is 2. The molecule has 3 N–H and O–H groups in total. The molecular weight excluding hydrogens is 388 g/mol. The van der Waals surface area contributed by atoms with E-state index in [1.54, 1.807) is 29.2 Å². The molecule has 1 aromatic heterocycles. The molecule has 0 aliphatic carbocycles. The monoisotopic (exact) mass is 408 g/mol. The number of carbonyl (C=O) groups excluding carboxylic acids is 2. The van der Waals surface area contributed by atoms with Gasteiger partial charge in [0.05, 0.1) is 23.6 Å². The van der Waals surface area contributed by atoms with Crippen LogP contribution in [0.5, 0.6) is 5.75 Å². The highest BCUT2D eigenvalue weighted by Crippen LogP contribution is 2.27. The third kappa shape index (κ3) is 4.38. The normalized spacial score (nSPS) is 12.9. The lowest BCUT2D eigenvalue weighted by molar-refractivity contribution is -0.134. The van der Waals surface area contributed by atoms with Gasteiger partial charge in [-0.15, -0.1) is 11.3 Å². The van der Waals surface area contributed by atoms with E-state index in [2.05, 4.69) is 10.3 Å². The summed E-state index contributed by atoms with van der Waals surface area (Å²) in [5.41, 5.74) is 7.80. The van der Waals surface area contributed by atoms with Crippen molar-refractivity contribution >= 4 is 34.5 Å². The van der Waals surface area contributed by atoms with Crippen molar-refractivity contribution in [2.24, 2.45) is 0 Å². The van der Waals surface area contributed by atoms with Crippen molar-refractivity contribution in [2.45, 2.75) is 13.0 Å². The Hall–Kier alpha value is -3.39. The third-order valence-electron chi connectivity index (χ3n) is 4.59. The number of fused-ring (bicyclic) bond motifs is 1. The fourth-order valence-corrected chi connectivity index (χ4v) is 4.06. The maximum Gasteiger partial charge on any atom is 0.284 e. The van der Waals surface area contributed by atoms with Gasteiger partial charge >= 0.3 is 0 Å². The Labute approximate surface area is 172 Å². The third-order valence-corrected chi connectivity index (χ3v) is 5.67. The maximum absolute atomic E-state index is 12.5. The Morgan fingerprint density at radius 1 is 1.14 bits per heavy atom. The van der Waals surface area contributed by atoms with Gasteiger partial charge in [-0.1, -0.05) is 30.3 Å². The number of anilines is 2. The summed E-state index contributed by atoms with van der Waals surface area (Å²) in [5.74, 6) is 0.277. The topological polar surface area (TPSA) is 97.5 Å². The summed E-state index contributed by atoms with van der Waals surface area (Å²) in [6.07, 6.45) is 0.615. The average Bonchev–Trinajstić information content (AvgIpc) is 3.18. The first-order chi connectivity index (χ1) is 14.1. The highest BCUT2D eigenvalue weighted by Gasteiger charge is 2.26. The van der Waals surface area contributed by atoms with Gasteiger partial charge in [-0.05, 0) is 24.3 Å². The summed E-state index contributed by atoms with van der Waals surface area (Å²) < 4.78 is 5.55. The minimum atomic E-state index is -0.299. The van der Waals surface area contributed by atoms with Gasteiger partial charge in [-0.25, -0.2) is 4.98 Å². The summed E-state index contributed by atoms with van der Waals surface area (Å²) in [7, 11) is 0. The SMILES string of the molecule is Nc1ccccc1NC(=O)c1nc2c(s1)CN(C(=O)COc1ccccc1)CC2. The van der Waals surface area contributed by atoms with Crippen molar-refractivity contribution in [3.05, 3.63) is 70.2 Å². The van der Waals surface area contributed by atoms with Gasteiger partial charge in [0.1, 0.15) is 5.75 Å². The van der Waals surface area contributed by atoms with Gasteiger partial charge in [0, 0.05) is 17.8 Å². The molecule has 0 saturated carbocycles. The molecule has 0 saturated heterocycles. The summed E-state index contributed by atoms with van der Waals surface area (Å²) in [6, 6.07) is 16.3. The van der Waals surface area contributed by atoms with E-state index in [0.29, 0.717) is 41.6 Å². The number of nitrogens with one attached hydrogen (secondary N) is 1. The molecule has 0 radical (unpaired) electrons. The van der Waals surface area contributed by atoms with Crippen LogP contribution in [0.4, 0.5) is 11.4 Å². The van der Waals surface area contributed by atoms with E-state index in [0.717, 1.165) is 10.6 Å². The van der Waals surface area contributed by atoms with Crippen LogP contribution in [0.2, 0.25) is 0 Å².